The Morgan fingerprint density at radius 2 is 1.68 bits per heavy atom. The van der Waals surface area contributed by atoms with Crippen LogP contribution in [0, 0.1) is 0 Å². The molecule has 31 heavy (non-hydrogen) atoms. The van der Waals surface area contributed by atoms with Gasteiger partial charge >= 0.3 is 0 Å². The number of rotatable bonds is 12. The van der Waals surface area contributed by atoms with Crippen molar-refractivity contribution in [2.45, 2.75) is 62.5 Å². The van der Waals surface area contributed by atoms with E-state index >= 15 is 0 Å². The zero-order valence-corrected chi connectivity index (χ0v) is 18.5. The summed E-state index contributed by atoms with van der Waals surface area (Å²) >= 11 is 0. The lowest BCUT2D eigenvalue weighted by molar-refractivity contribution is -0.329. The molecule has 0 aliphatic rings. The van der Waals surface area contributed by atoms with Gasteiger partial charge in [-0.05, 0) is 45.4 Å². The average Bonchev–Trinajstić information content (AvgIpc) is 2.64. The van der Waals surface area contributed by atoms with E-state index in [4.69, 9.17) is 20.9 Å². The molecule has 0 amide bonds. The van der Waals surface area contributed by atoms with Gasteiger partial charge in [0.15, 0.2) is 17.2 Å². The van der Waals surface area contributed by atoms with Crippen molar-refractivity contribution in [3.63, 3.8) is 0 Å². The first-order chi connectivity index (χ1) is 14.0. The van der Waals surface area contributed by atoms with E-state index in [2.05, 4.69) is 5.32 Å². The van der Waals surface area contributed by atoms with Gasteiger partial charge in [-0.15, -0.1) is 0 Å². The van der Waals surface area contributed by atoms with Crippen molar-refractivity contribution >= 4 is 6.29 Å². The molecule has 1 aromatic carbocycles. The normalized spacial score (nSPS) is 18.5. The van der Waals surface area contributed by atoms with Crippen LogP contribution >= 0.6 is 0 Å². The first kappa shape index (κ1) is 27.2. The van der Waals surface area contributed by atoms with Gasteiger partial charge in [0.25, 0.3) is 0 Å². The number of carbonyl (C=O) groups excluding carboxylic acids is 1. The third-order valence-corrected chi connectivity index (χ3v) is 5.10. The van der Waals surface area contributed by atoms with Crippen LogP contribution in [0.3, 0.4) is 0 Å². The molecule has 0 fully saturated rings. The number of hydrogen-bond donors (Lipinski definition) is 8. The van der Waals surface area contributed by atoms with Crippen LogP contribution in [0.1, 0.15) is 39.2 Å². The number of hydrogen-bond acceptors (Lipinski definition) is 11. The number of nitrogens with two attached hydrogens (primary N) is 2. The second-order valence-corrected chi connectivity index (χ2v) is 8.47. The third kappa shape index (κ3) is 6.57. The highest BCUT2D eigenvalue weighted by atomic mass is 16.6. The van der Waals surface area contributed by atoms with Crippen LogP contribution in [-0.2, 0) is 4.79 Å². The molecular formula is C20H35N3O8. The molecule has 11 heteroatoms. The Morgan fingerprint density at radius 3 is 2.13 bits per heavy atom. The van der Waals surface area contributed by atoms with Crippen LogP contribution in [0.25, 0.3) is 0 Å². The minimum Gasteiger partial charge on any atom is -0.493 e. The zero-order valence-electron chi connectivity index (χ0n) is 18.5. The topological polar surface area (TPSA) is 201 Å². The van der Waals surface area contributed by atoms with Gasteiger partial charge in [0.2, 0.25) is 11.5 Å². The van der Waals surface area contributed by atoms with Gasteiger partial charge in [-0.2, -0.15) is 0 Å². The van der Waals surface area contributed by atoms with Gasteiger partial charge in [0.1, 0.15) is 12.9 Å². The molecule has 0 aliphatic carbocycles. The highest BCUT2D eigenvalue weighted by Gasteiger charge is 2.56. The van der Waals surface area contributed by atoms with Crippen LogP contribution in [-0.4, -0.2) is 81.0 Å². The molecule has 0 saturated heterocycles. The molecule has 4 unspecified atom stereocenters. The largest absolute Gasteiger partial charge is 0.493 e. The van der Waals surface area contributed by atoms with Crippen molar-refractivity contribution in [2.75, 3.05) is 20.3 Å². The number of carbonyl (C=O) groups is 1. The van der Waals surface area contributed by atoms with Gasteiger partial charge in [-0.3, -0.25) is 5.73 Å². The summed E-state index contributed by atoms with van der Waals surface area (Å²) in [6.45, 7) is 5.09. The second-order valence-electron chi connectivity index (χ2n) is 8.47. The Labute approximate surface area is 181 Å². The van der Waals surface area contributed by atoms with Crippen LogP contribution < -0.4 is 26.3 Å². The summed E-state index contributed by atoms with van der Waals surface area (Å²) in [5.41, 5.74) is 4.57. The van der Waals surface area contributed by atoms with Crippen LogP contribution in [0.4, 0.5) is 0 Å². The molecule has 11 nitrogen and oxygen atoms in total. The molecule has 4 atom stereocenters. The van der Waals surface area contributed by atoms with Gasteiger partial charge in [-0.1, -0.05) is 6.07 Å². The van der Waals surface area contributed by atoms with Gasteiger partial charge < -0.3 is 50.9 Å². The quantitative estimate of drug-likeness (QED) is 0.132. The summed E-state index contributed by atoms with van der Waals surface area (Å²) in [6.07, 6.45) is 0.742. The standard InChI is InChI=1S/C20H35N3O8/c1-12(10-24)23-9-14(17(2,3)25)13-6-7-15(30-5)16(8-13)31-11-19(27,28)20(22,29)18(4,21)26/h6-8,10,12,14,23,25-29H,9,11,21-22H2,1-5H3. The maximum Gasteiger partial charge on any atom is 0.246 e. The summed E-state index contributed by atoms with van der Waals surface area (Å²) in [5.74, 6) is -3.34. The predicted molar refractivity (Wildman–Crippen MR) is 112 cm³/mol. The summed E-state index contributed by atoms with van der Waals surface area (Å²) in [7, 11) is 1.37. The lowest BCUT2D eigenvalue weighted by Crippen LogP contribution is -2.77. The maximum absolute atomic E-state index is 10.9. The molecule has 0 aromatic heterocycles. The van der Waals surface area contributed by atoms with Crippen molar-refractivity contribution in [3.05, 3.63) is 23.8 Å². The molecule has 0 heterocycles. The molecule has 1 aromatic rings. The number of aliphatic hydroxyl groups is 5. The van der Waals surface area contributed by atoms with Gasteiger partial charge in [-0.25, -0.2) is 0 Å². The number of benzene rings is 1. The predicted octanol–water partition coefficient (Wildman–Crippen LogP) is -1.90. The van der Waals surface area contributed by atoms with Gasteiger partial charge in [0, 0.05) is 12.5 Å². The first-order valence-electron chi connectivity index (χ1n) is 9.67. The average molecular weight is 446 g/mol. The summed E-state index contributed by atoms with van der Waals surface area (Å²) in [5, 5.41) is 53.8. The Kier molecular flexibility index (Phi) is 8.56. The van der Waals surface area contributed by atoms with E-state index < -0.39 is 41.4 Å². The first-order valence-corrected chi connectivity index (χ1v) is 9.67. The monoisotopic (exact) mass is 445 g/mol. The van der Waals surface area contributed by atoms with E-state index in [0.717, 1.165) is 13.2 Å². The second kappa shape index (κ2) is 9.76. The fourth-order valence-electron chi connectivity index (χ4n) is 2.84. The molecule has 10 N–H and O–H groups in total. The molecular weight excluding hydrogens is 410 g/mol. The Morgan fingerprint density at radius 1 is 1.10 bits per heavy atom. The Hall–Kier alpha value is -1.83. The molecule has 0 radical (unpaired) electrons. The smallest absolute Gasteiger partial charge is 0.246 e. The summed E-state index contributed by atoms with van der Waals surface area (Å²) in [6, 6.07) is 4.34. The third-order valence-electron chi connectivity index (χ3n) is 5.10. The minimum absolute atomic E-state index is 0.0534. The van der Waals surface area contributed by atoms with Crippen molar-refractivity contribution < 1.29 is 39.8 Å². The molecule has 0 bridgehead atoms. The fourth-order valence-corrected chi connectivity index (χ4v) is 2.84. The number of ether oxygens (including phenoxy) is 2. The van der Waals surface area contributed by atoms with E-state index in [1.807, 2.05) is 0 Å². The number of aldehydes is 1. The molecule has 0 spiro atoms. The summed E-state index contributed by atoms with van der Waals surface area (Å²) in [4.78, 5) is 10.9. The van der Waals surface area contributed by atoms with Crippen molar-refractivity contribution in [1.29, 1.82) is 0 Å². The number of nitrogens with one attached hydrogen (secondary N) is 1. The van der Waals surface area contributed by atoms with Crippen molar-refractivity contribution in [3.8, 4) is 11.5 Å². The molecule has 0 saturated carbocycles. The van der Waals surface area contributed by atoms with Crippen molar-refractivity contribution in [1.82, 2.24) is 5.32 Å². The SMILES string of the molecule is COc1ccc(C(CNC(C)C=O)C(C)(C)O)cc1OCC(O)(O)C(N)(O)C(C)(N)O. The fraction of sp³-hybridized carbons (Fsp3) is 0.650. The maximum atomic E-state index is 10.9. The lowest BCUT2D eigenvalue weighted by atomic mass is 9.84. The van der Waals surface area contributed by atoms with Crippen LogP contribution in [0.15, 0.2) is 18.2 Å². The van der Waals surface area contributed by atoms with E-state index in [9.17, 15) is 30.3 Å². The van der Waals surface area contributed by atoms with Crippen LogP contribution in [0.2, 0.25) is 0 Å². The molecule has 1 rings (SSSR count). The lowest BCUT2D eigenvalue weighted by Gasteiger charge is -2.42. The van der Waals surface area contributed by atoms with Crippen LogP contribution in [0.5, 0.6) is 11.5 Å². The van der Waals surface area contributed by atoms with E-state index in [1.165, 1.54) is 13.2 Å². The number of methoxy groups -OCH3 is 1. The highest BCUT2D eigenvalue weighted by Crippen LogP contribution is 2.36. The Bertz CT molecular complexity index is 741. The van der Waals surface area contributed by atoms with E-state index in [1.54, 1.807) is 32.9 Å². The summed E-state index contributed by atoms with van der Waals surface area (Å²) < 4.78 is 10.7. The van der Waals surface area contributed by atoms with Gasteiger partial charge in [0.05, 0.1) is 18.8 Å². The molecule has 178 valence electrons. The minimum atomic E-state index is -3.14. The van der Waals surface area contributed by atoms with E-state index in [0.29, 0.717) is 5.56 Å². The Balaban J connectivity index is 3.22. The highest BCUT2D eigenvalue weighted by molar-refractivity contribution is 5.56. The van der Waals surface area contributed by atoms with Crippen molar-refractivity contribution in [2.24, 2.45) is 11.5 Å². The van der Waals surface area contributed by atoms with E-state index in [-0.39, 0.29) is 18.0 Å². The zero-order chi connectivity index (χ0) is 24.3. The molecule has 0 aliphatic heterocycles.